The van der Waals surface area contributed by atoms with E-state index in [1.54, 1.807) is 0 Å². The molecule has 1 fully saturated rings. The molecule has 1 saturated heterocycles. The van der Waals surface area contributed by atoms with Crippen LogP contribution in [-0.2, 0) is 16.6 Å². The number of nitrogens with zero attached hydrogens (tertiary/aromatic N) is 1. The summed E-state index contributed by atoms with van der Waals surface area (Å²) in [5, 5.41) is 0. The Hall–Kier alpha value is -1.02. The first-order chi connectivity index (χ1) is 9.92. The molecule has 1 aromatic carbocycles. The molecule has 118 valence electrons. The van der Waals surface area contributed by atoms with Crippen molar-refractivity contribution in [2.45, 2.75) is 24.3 Å². The van der Waals surface area contributed by atoms with Crippen molar-refractivity contribution in [1.29, 1.82) is 0 Å². The predicted molar refractivity (Wildman–Crippen MR) is 79.7 cm³/mol. The molecule has 5 nitrogen and oxygen atoms in total. The van der Waals surface area contributed by atoms with Crippen molar-refractivity contribution in [1.82, 2.24) is 9.62 Å². The van der Waals surface area contributed by atoms with E-state index in [1.165, 1.54) is 12.1 Å². The van der Waals surface area contributed by atoms with Gasteiger partial charge in [-0.05, 0) is 50.6 Å². The third-order valence-corrected chi connectivity index (χ3v) is 5.25. The first kappa shape index (κ1) is 16.4. The Labute approximate surface area is 125 Å². The minimum atomic E-state index is -3.62. The van der Waals surface area contributed by atoms with Crippen molar-refractivity contribution in [2.75, 3.05) is 26.7 Å². The number of likely N-dealkylation sites (tertiary alicyclic amines) is 1. The van der Waals surface area contributed by atoms with Gasteiger partial charge in [-0.1, -0.05) is 0 Å². The van der Waals surface area contributed by atoms with Crippen LogP contribution in [-0.4, -0.2) is 40.0 Å². The van der Waals surface area contributed by atoms with Gasteiger partial charge in [0.05, 0.1) is 4.90 Å². The van der Waals surface area contributed by atoms with Gasteiger partial charge in [-0.3, -0.25) is 0 Å². The third kappa shape index (κ3) is 4.23. The van der Waals surface area contributed by atoms with Crippen LogP contribution in [0.4, 0.5) is 4.39 Å². The molecular formula is C14H22FN3O2S. The molecule has 1 aliphatic rings. The van der Waals surface area contributed by atoms with E-state index in [-0.39, 0.29) is 17.0 Å². The first-order valence-corrected chi connectivity index (χ1v) is 8.57. The number of hydrogen-bond donors (Lipinski definition) is 2. The van der Waals surface area contributed by atoms with E-state index in [4.69, 9.17) is 5.73 Å². The summed E-state index contributed by atoms with van der Waals surface area (Å²) in [5.41, 5.74) is 5.61. The number of benzene rings is 1. The maximum absolute atomic E-state index is 13.4. The zero-order chi connectivity index (χ0) is 15.5. The standard InChI is InChI=1S/C14H22FN3O2S/c1-18-6-2-3-11(10-18)9-17-21(19,20)13-4-5-14(15)12(7-13)8-16/h4-5,7,11,17H,2-3,6,8-10,16H2,1H3. The van der Waals surface area contributed by atoms with Gasteiger partial charge < -0.3 is 10.6 Å². The lowest BCUT2D eigenvalue weighted by atomic mass is 9.99. The van der Waals surface area contributed by atoms with Crippen LogP contribution in [0, 0.1) is 11.7 Å². The van der Waals surface area contributed by atoms with Gasteiger partial charge in [-0.25, -0.2) is 17.5 Å². The molecule has 1 unspecified atom stereocenters. The van der Waals surface area contributed by atoms with Crippen LogP contribution in [0.15, 0.2) is 23.1 Å². The second kappa shape index (κ2) is 6.83. The normalized spacial score (nSPS) is 20.6. The Bertz CT molecular complexity index is 592. The van der Waals surface area contributed by atoms with Crippen LogP contribution in [0.1, 0.15) is 18.4 Å². The molecule has 0 bridgehead atoms. The quantitative estimate of drug-likeness (QED) is 0.847. The van der Waals surface area contributed by atoms with Crippen LogP contribution >= 0.6 is 0 Å². The average molecular weight is 315 g/mol. The zero-order valence-electron chi connectivity index (χ0n) is 12.2. The highest BCUT2D eigenvalue weighted by Gasteiger charge is 2.21. The fourth-order valence-corrected chi connectivity index (χ4v) is 3.79. The number of hydrogen-bond acceptors (Lipinski definition) is 4. The van der Waals surface area contributed by atoms with Crippen molar-refractivity contribution >= 4 is 10.0 Å². The summed E-state index contributed by atoms with van der Waals surface area (Å²) in [5.74, 6) is -0.168. The van der Waals surface area contributed by atoms with Gasteiger partial charge in [-0.15, -0.1) is 0 Å². The highest BCUT2D eigenvalue weighted by atomic mass is 32.2. The second-order valence-corrected chi connectivity index (χ2v) is 7.35. The van der Waals surface area contributed by atoms with E-state index in [1.807, 2.05) is 7.05 Å². The van der Waals surface area contributed by atoms with Gasteiger partial charge in [0.25, 0.3) is 0 Å². The molecule has 3 N–H and O–H groups in total. The number of halogens is 1. The van der Waals surface area contributed by atoms with Crippen molar-refractivity contribution in [3.8, 4) is 0 Å². The highest BCUT2D eigenvalue weighted by Crippen LogP contribution is 2.17. The minimum Gasteiger partial charge on any atom is -0.326 e. The van der Waals surface area contributed by atoms with E-state index >= 15 is 0 Å². The number of sulfonamides is 1. The number of nitrogens with two attached hydrogens (primary N) is 1. The minimum absolute atomic E-state index is 0.0252. The molecule has 1 heterocycles. The highest BCUT2D eigenvalue weighted by molar-refractivity contribution is 7.89. The molecule has 1 aromatic rings. The Morgan fingerprint density at radius 1 is 1.48 bits per heavy atom. The lowest BCUT2D eigenvalue weighted by Gasteiger charge is -2.29. The van der Waals surface area contributed by atoms with Crippen molar-refractivity contribution < 1.29 is 12.8 Å². The fourth-order valence-electron chi connectivity index (χ4n) is 2.63. The van der Waals surface area contributed by atoms with Crippen LogP contribution in [0.2, 0.25) is 0 Å². The van der Waals surface area contributed by atoms with Crippen molar-refractivity contribution in [3.05, 3.63) is 29.6 Å². The summed E-state index contributed by atoms with van der Waals surface area (Å²) in [6, 6.07) is 3.71. The Morgan fingerprint density at radius 3 is 2.90 bits per heavy atom. The Morgan fingerprint density at radius 2 is 2.24 bits per heavy atom. The molecule has 0 amide bonds. The molecule has 0 spiro atoms. The molecule has 0 aromatic heterocycles. The fraction of sp³-hybridized carbons (Fsp3) is 0.571. The molecule has 0 radical (unpaired) electrons. The van der Waals surface area contributed by atoms with Crippen LogP contribution in [0.25, 0.3) is 0 Å². The molecule has 1 atom stereocenters. The molecule has 0 aliphatic carbocycles. The smallest absolute Gasteiger partial charge is 0.240 e. The molecular weight excluding hydrogens is 293 g/mol. The average Bonchev–Trinajstić information content (AvgIpc) is 2.46. The molecule has 7 heteroatoms. The van der Waals surface area contributed by atoms with Gasteiger partial charge in [0.2, 0.25) is 10.0 Å². The Kier molecular flexibility index (Phi) is 5.32. The summed E-state index contributed by atoms with van der Waals surface area (Å²) in [7, 11) is -1.58. The maximum atomic E-state index is 13.4. The molecule has 0 saturated carbocycles. The Balaban J connectivity index is 2.04. The molecule has 1 aliphatic heterocycles. The maximum Gasteiger partial charge on any atom is 0.240 e. The van der Waals surface area contributed by atoms with Gasteiger partial charge in [0.15, 0.2) is 0 Å². The van der Waals surface area contributed by atoms with E-state index in [0.29, 0.717) is 12.5 Å². The molecule has 21 heavy (non-hydrogen) atoms. The summed E-state index contributed by atoms with van der Waals surface area (Å²) in [6.45, 7) is 2.33. The first-order valence-electron chi connectivity index (χ1n) is 7.09. The number of piperidine rings is 1. The van der Waals surface area contributed by atoms with Crippen LogP contribution in [0.5, 0.6) is 0 Å². The number of nitrogens with one attached hydrogen (secondary N) is 1. The van der Waals surface area contributed by atoms with E-state index in [0.717, 1.165) is 32.0 Å². The van der Waals surface area contributed by atoms with E-state index < -0.39 is 15.8 Å². The van der Waals surface area contributed by atoms with Gasteiger partial charge in [0, 0.05) is 25.2 Å². The summed E-state index contributed by atoms with van der Waals surface area (Å²) in [4.78, 5) is 2.26. The van der Waals surface area contributed by atoms with Crippen molar-refractivity contribution in [2.24, 2.45) is 11.7 Å². The third-order valence-electron chi connectivity index (χ3n) is 3.83. The lowest BCUT2D eigenvalue weighted by molar-refractivity contribution is 0.211. The van der Waals surface area contributed by atoms with Crippen LogP contribution < -0.4 is 10.5 Å². The van der Waals surface area contributed by atoms with Gasteiger partial charge in [-0.2, -0.15) is 0 Å². The largest absolute Gasteiger partial charge is 0.326 e. The van der Waals surface area contributed by atoms with Crippen LogP contribution in [0.3, 0.4) is 0 Å². The number of rotatable bonds is 5. The summed E-state index contributed by atoms with van der Waals surface area (Å²) < 4.78 is 40.5. The second-order valence-electron chi connectivity index (χ2n) is 5.58. The zero-order valence-corrected chi connectivity index (χ0v) is 13.0. The molecule has 2 rings (SSSR count). The van der Waals surface area contributed by atoms with E-state index in [2.05, 4.69) is 9.62 Å². The van der Waals surface area contributed by atoms with Gasteiger partial charge in [0.1, 0.15) is 5.82 Å². The summed E-state index contributed by atoms with van der Waals surface area (Å²) >= 11 is 0. The van der Waals surface area contributed by atoms with E-state index in [9.17, 15) is 12.8 Å². The monoisotopic (exact) mass is 315 g/mol. The summed E-state index contributed by atoms with van der Waals surface area (Å²) in [6.07, 6.45) is 2.10. The topological polar surface area (TPSA) is 75.4 Å². The SMILES string of the molecule is CN1CCCC(CNS(=O)(=O)c2ccc(F)c(CN)c2)C1. The van der Waals surface area contributed by atoms with Crippen molar-refractivity contribution in [3.63, 3.8) is 0 Å². The lowest BCUT2D eigenvalue weighted by Crippen LogP contribution is -2.39. The predicted octanol–water partition coefficient (Wildman–Crippen LogP) is 0.905. The van der Waals surface area contributed by atoms with Gasteiger partial charge >= 0.3 is 0 Å².